The average Bonchev–Trinajstić information content (AvgIpc) is 2.52. The first-order valence-electron chi connectivity index (χ1n) is 6.49. The third kappa shape index (κ3) is 4.37. The molecule has 0 atom stereocenters. The predicted molar refractivity (Wildman–Crippen MR) is 81.3 cm³/mol. The van der Waals surface area contributed by atoms with E-state index in [2.05, 4.69) is 9.71 Å². The number of nitrogens with one attached hydrogen (secondary N) is 1. The van der Waals surface area contributed by atoms with E-state index in [1.165, 1.54) is 19.4 Å². The van der Waals surface area contributed by atoms with Gasteiger partial charge in [0.25, 0.3) is 0 Å². The quantitative estimate of drug-likeness (QED) is 0.864. The molecule has 1 aromatic carbocycles. The molecule has 0 bridgehead atoms. The molecule has 0 unspecified atom stereocenters. The summed E-state index contributed by atoms with van der Waals surface area (Å²) < 4.78 is 69.8. The summed E-state index contributed by atoms with van der Waals surface area (Å²) in [6.45, 7) is -0.136. The van der Waals surface area contributed by atoms with Crippen LogP contribution in [-0.4, -0.2) is 20.5 Å². The van der Waals surface area contributed by atoms with Gasteiger partial charge in [-0.3, -0.25) is 0 Å². The second-order valence-electron chi connectivity index (χ2n) is 4.67. The van der Waals surface area contributed by atoms with Gasteiger partial charge in [0.15, 0.2) is 0 Å². The second-order valence-corrected chi connectivity index (χ2v) is 6.85. The predicted octanol–water partition coefficient (Wildman–Crippen LogP) is 3.24. The fourth-order valence-corrected chi connectivity index (χ4v) is 3.05. The van der Waals surface area contributed by atoms with Crippen molar-refractivity contribution in [3.05, 3.63) is 52.7 Å². The largest absolute Gasteiger partial charge is 0.481 e. The highest BCUT2D eigenvalue weighted by molar-refractivity contribution is 7.89. The van der Waals surface area contributed by atoms with Crippen molar-refractivity contribution >= 4 is 21.6 Å². The van der Waals surface area contributed by atoms with Crippen LogP contribution in [0.5, 0.6) is 5.88 Å². The lowest BCUT2D eigenvalue weighted by atomic mass is 10.2. The number of benzene rings is 1. The lowest BCUT2D eigenvalue weighted by Crippen LogP contribution is -2.23. The fourth-order valence-electron chi connectivity index (χ4n) is 1.79. The summed E-state index contributed by atoms with van der Waals surface area (Å²) in [5.74, 6) is 0.356. The Morgan fingerprint density at radius 1 is 1.25 bits per heavy atom. The minimum Gasteiger partial charge on any atom is -0.481 e. The van der Waals surface area contributed by atoms with Crippen LogP contribution in [0.15, 0.2) is 41.4 Å². The Kier molecular flexibility index (Phi) is 5.36. The molecule has 10 heteroatoms. The lowest BCUT2D eigenvalue weighted by molar-refractivity contribution is -0.137. The molecule has 2 aromatic rings. The zero-order valence-electron chi connectivity index (χ0n) is 12.3. The SMILES string of the molecule is COc1ccc(CNS(=O)(=O)c2ccc(Cl)c(C(F)(F)F)c2)cn1. The van der Waals surface area contributed by atoms with Crippen LogP contribution in [0.3, 0.4) is 0 Å². The minimum atomic E-state index is -4.75. The number of hydrogen-bond donors (Lipinski definition) is 1. The van der Waals surface area contributed by atoms with Gasteiger partial charge in [-0.25, -0.2) is 18.1 Å². The summed E-state index contributed by atoms with van der Waals surface area (Å²) in [7, 11) is -2.71. The first kappa shape index (κ1) is 18.5. The number of rotatable bonds is 5. The van der Waals surface area contributed by atoms with E-state index in [0.29, 0.717) is 17.5 Å². The van der Waals surface area contributed by atoms with Gasteiger partial charge in [0, 0.05) is 18.8 Å². The van der Waals surface area contributed by atoms with Crippen LogP contribution in [-0.2, 0) is 22.7 Å². The number of nitrogens with zero attached hydrogens (tertiary/aromatic N) is 1. The summed E-state index contributed by atoms with van der Waals surface area (Å²) >= 11 is 5.48. The van der Waals surface area contributed by atoms with Crippen molar-refractivity contribution in [1.82, 2.24) is 9.71 Å². The molecule has 0 aliphatic heterocycles. The third-order valence-electron chi connectivity index (χ3n) is 3.03. The summed E-state index contributed by atoms with van der Waals surface area (Å²) in [5, 5.41) is -0.569. The highest BCUT2D eigenvalue weighted by atomic mass is 35.5. The van der Waals surface area contributed by atoms with Crippen LogP contribution in [0, 0.1) is 0 Å². The van der Waals surface area contributed by atoms with Crippen molar-refractivity contribution in [3.8, 4) is 5.88 Å². The van der Waals surface area contributed by atoms with Gasteiger partial charge in [-0.1, -0.05) is 17.7 Å². The van der Waals surface area contributed by atoms with Gasteiger partial charge in [-0.2, -0.15) is 13.2 Å². The Hall–Kier alpha value is -1.84. The third-order valence-corrected chi connectivity index (χ3v) is 4.76. The summed E-state index contributed by atoms with van der Waals surface area (Å²) in [5.41, 5.74) is -0.692. The Labute approximate surface area is 141 Å². The minimum absolute atomic E-state index is 0.136. The van der Waals surface area contributed by atoms with Gasteiger partial charge < -0.3 is 4.74 Å². The Morgan fingerprint density at radius 3 is 2.50 bits per heavy atom. The van der Waals surface area contributed by atoms with E-state index in [1.807, 2.05) is 0 Å². The average molecular weight is 381 g/mol. The molecule has 0 radical (unpaired) electrons. The molecule has 24 heavy (non-hydrogen) atoms. The van der Waals surface area contributed by atoms with Gasteiger partial charge in [0.05, 0.1) is 22.6 Å². The lowest BCUT2D eigenvalue weighted by Gasteiger charge is -2.12. The van der Waals surface area contributed by atoms with E-state index in [9.17, 15) is 21.6 Å². The maximum atomic E-state index is 12.8. The molecule has 0 amide bonds. The van der Waals surface area contributed by atoms with Gasteiger partial charge in [0.2, 0.25) is 15.9 Å². The number of ether oxygens (including phenoxy) is 1. The number of methoxy groups -OCH3 is 1. The zero-order chi connectivity index (χ0) is 18.0. The van der Waals surface area contributed by atoms with Crippen molar-refractivity contribution in [2.45, 2.75) is 17.6 Å². The summed E-state index contributed by atoms with van der Waals surface area (Å²) in [4.78, 5) is 3.38. The molecule has 5 nitrogen and oxygen atoms in total. The Bertz CT molecular complexity index is 824. The Morgan fingerprint density at radius 2 is 1.96 bits per heavy atom. The topological polar surface area (TPSA) is 68.3 Å². The van der Waals surface area contributed by atoms with Crippen LogP contribution >= 0.6 is 11.6 Å². The van der Waals surface area contributed by atoms with Crippen LogP contribution in [0.25, 0.3) is 0 Å². The number of aromatic nitrogens is 1. The van der Waals surface area contributed by atoms with E-state index >= 15 is 0 Å². The maximum absolute atomic E-state index is 12.8. The number of halogens is 4. The molecule has 1 N–H and O–H groups in total. The molecule has 0 aliphatic carbocycles. The normalized spacial score (nSPS) is 12.2. The molecule has 1 heterocycles. The van der Waals surface area contributed by atoms with Gasteiger partial charge in [0.1, 0.15) is 0 Å². The van der Waals surface area contributed by atoms with Crippen molar-refractivity contribution in [2.75, 3.05) is 7.11 Å². The van der Waals surface area contributed by atoms with E-state index in [0.717, 1.165) is 12.1 Å². The van der Waals surface area contributed by atoms with Gasteiger partial charge >= 0.3 is 6.18 Å². The smallest absolute Gasteiger partial charge is 0.417 e. The van der Waals surface area contributed by atoms with Crippen molar-refractivity contribution in [1.29, 1.82) is 0 Å². The second kappa shape index (κ2) is 6.96. The highest BCUT2D eigenvalue weighted by Crippen LogP contribution is 2.35. The first-order chi connectivity index (χ1) is 11.1. The fraction of sp³-hybridized carbons (Fsp3) is 0.214. The van der Waals surface area contributed by atoms with Crippen molar-refractivity contribution < 1.29 is 26.3 Å². The molecule has 130 valence electrons. The molecule has 1 aromatic heterocycles. The molecular formula is C14H12ClF3N2O3S. The molecule has 0 saturated carbocycles. The summed E-state index contributed by atoms with van der Waals surface area (Å²) in [6, 6.07) is 5.52. The first-order valence-corrected chi connectivity index (χ1v) is 8.35. The van der Waals surface area contributed by atoms with Crippen molar-refractivity contribution in [3.63, 3.8) is 0 Å². The number of hydrogen-bond acceptors (Lipinski definition) is 4. The van der Waals surface area contributed by atoms with Crippen LogP contribution in [0.4, 0.5) is 13.2 Å². The standard InChI is InChI=1S/C14H12ClF3N2O3S/c1-23-13-5-2-9(7-19-13)8-20-24(21,22)10-3-4-12(15)11(6-10)14(16,17)18/h2-7,20H,8H2,1H3. The zero-order valence-corrected chi connectivity index (χ0v) is 13.8. The summed E-state index contributed by atoms with van der Waals surface area (Å²) in [6.07, 6.45) is -3.35. The van der Waals surface area contributed by atoms with E-state index in [-0.39, 0.29) is 6.54 Å². The van der Waals surface area contributed by atoms with Crippen LogP contribution in [0.1, 0.15) is 11.1 Å². The Balaban J connectivity index is 2.21. The molecule has 0 saturated heterocycles. The highest BCUT2D eigenvalue weighted by Gasteiger charge is 2.34. The molecule has 2 rings (SSSR count). The van der Waals surface area contributed by atoms with E-state index in [1.54, 1.807) is 6.07 Å². The number of pyridine rings is 1. The van der Waals surface area contributed by atoms with Crippen LogP contribution in [0.2, 0.25) is 5.02 Å². The van der Waals surface area contributed by atoms with Gasteiger partial charge in [-0.15, -0.1) is 0 Å². The van der Waals surface area contributed by atoms with Crippen molar-refractivity contribution in [2.24, 2.45) is 0 Å². The van der Waals surface area contributed by atoms with E-state index < -0.39 is 31.7 Å². The number of alkyl halides is 3. The molecule has 0 fully saturated rings. The maximum Gasteiger partial charge on any atom is 0.417 e. The van der Waals surface area contributed by atoms with E-state index in [4.69, 9.17) is 16.3 Å². The molecule has 0 spiro atoms. The van der Waals surface area contributed by atoms with Crippen LogP contribution < -0.4 is 9.46 Å². The van der Waals surface area contributed by atoms with Gasteiger partial charge in [-0.05, 0) is 23.8 Å². The number of sulfonamides is 1. The molecule has 0 aliphatic rings. The molecular weight excluding hydrogens is 369 g/mol. The monoisotopic (exact) mass is 380 g/mol.